The van der Waals surface area contributed by atoms with E-state index in [-0.39, 0.29) is 5.56 Å². The number of hydrogen-bond acceptors (Lipinski definition) is 3. The van der Waals surface area contributed by atoms with Crippen LogP contribution in [0.5, 0.6) is 0 Å². The van der Waals surface area contributed by atoms with Crippen molar-refractivity contribution >= 4 is 5.52 Å². The molecule has 5 heteroatoms. The highest BCUT2D eigenvalue weighted by Crippen LogP contribution is 2.05. The first-order valence-electron chi connectivity index (χ1n) is 4.65. The van der Waals surface area contributed by atoms with E-state index in [1.54, 1.807) is 10.7 Å². The monoisotopic (exact) mass is 192 g/mol. The molecule has 2 aromatic rings. The highest BCUT2D eigenvalue weighted by molar-refractivity contribution is 5.49. The smallest absolute Gasteiger partial charge is 0.280 e. The Kier molecular flexibility index (Phi) is 2.07. The Balaban J connectivity index is 2.77. The molecular weight excluding hydrogens is 180 g/mol. The van der Waals surface area contributed by atoms with Gasteiger partial charge in [-0.05, 0) is 13.3 Å². The second-order valence-electron chi connectivity index (χ2n) is 3.27. The van der Waals surface area contributed by atoms with E-state index in [2.05, 4.69) is 22.1 Å². The van der Waals surface area contributed by atoms with E-state index < -0.39 is 0 Å². The van der Waals surface area contributed by atoms with Crippen LogP contribution in [0, 0.1) is 6.92 Å². The Hall–Kier alpha value is -1.65. The summed E-state index contributed by atoms with van der Waals surface area (Å²) in [5.41, 5.74) is 1.16. The molecule has 0 unspecified atom stereocenters. The van der Waals surface area contributed by atoms with Gasteiger partial charge in [0.15, 0.2) is 0 Å². The molecule has 74 valence electrons. The number of nitrogens with zero attached hydrogens (tertiary/aromatic N) is 3. The Labute approximate surface area is 80.8 Å². The first-order valence-corrected chi connectivity index (χ1v) is 4.65. The Morgan fingerprint density at radius 3 is 3.07 bits per heavy atom. The van der Waals surface area contributed by atoms with Gasteiger partial charge in [-0.25, -0.2) is 10.1 Å². The molecule has 0 fully saturated rings. The molecular formula is C9H12N4O. The maximum atomic E-state index is 11.4. The van der Waals surface area contributed by atoms with Crippen molar-refractivity contribution in [2.45, 2.75) is 26.7 Å². The van der Waals surface area contributed by atoms with Crippen LogP contribution in [-0.4, -0.2) is 19.6 Å². The summed E-state index contributed by atoms with van der Waals surface area (Å²) in [6.45, 7) is 3.89. The van der Waals surface area contributed by atoms with Crippen LogP contribution in [-0.2, 0) is 6.42 Å². The van der Waals surface area contributed by atoms with Crippen LogP contribution in [0.2, 0.25) is 0 Å². The average molecular weight is 192 g/mol. The number of aryl methyl sites for hydroxylation is 2. The summed E-state index contributed by atoms with van der Waals surface area (Å²) in [5, 5.41) is 6.48. The van der Waals surface area contributed by atoms with Crippen LogP contribution >= 0.6 is 0 Å². The minimum absolute atomic E-state index is 0.181. The molecule has 0 aromatic carbocycles. The summed E-state index contributed by atoms with van der Waals surface area (Å²) >= 11 is 0. The van der Waals surface area contributed by atoms with Crippen molar-refractivity contribution in [3.8, 4) is 0 Å². The quantitative estimate of drug-likeness (QED) is 0.761. The van der Waals surface area contributed by atoms with Gasteiger partial charge in [0, 0.05) is 6.42 Å². The van der Waals surface area contributed by atoms with Crippen molar-refractivity contribution in [1.29, 1.82) is 0 Å². The molecule has 5 nitrogen and oxygen atoms in total. The van der Waals surface area contributed by atoms with Gasteiger partial charge in [0.25, 0.3) is 5.56 Å². The second kappa shape index (κ2) is 3.25. The lowest BCUT2D eigenvalue weighted by Gasteiger charge is -2.00. The molecule has 2 aromatic heterocycles. The van der Waals surface area contributed by atoms with Gasteiger partial charge in [0.2, 0.25) is 0 Å². The van der Waals surface area contributed by atoms with Crippen LogP contribution in [0.4, 0.5) is 0 Å². The summed E-state index contributed by atoms with van der Waals surface area (Å²) in [4.78, 5) is 15.5. The van der Waals surface area contributed by atoms with Crippen LogP contribution in [0.1, 0.15) is 24.9 Å². The molecule has 0 bridgehead atoms. The Morgan fingerprint density at radius 1 is 1.57 bits per heavy atom. The van der Waals surface area contributed by atoms with Crippen LogP contribution < -0.4 is 5.56 Å². The van der Waals surface area contributed by atoms with Crippen molar-refractivity contribution in [2.24, 2.45) is 0 Å². The molecule has 0 aliphatic heterocycles. The molecule has 2 rings (SSSR count). The molecule has 0 saturated carbocycles. The number of fused-ring (bicyclic) bond motifs is 1. The summed E-state index contributed by atoms with van der Waals surface area (Å²) in [6.07, 6.45) is 3.48. The van der Waals surface area contributed by atoms with E-state index in [4.69, 9.17) is 0 Å². The molecule has 1 N–H and O–H groups in total. The standard InChI is InChI=1S/C9H12N4O/c1-3-4-7-11-12-9(14)8-6(2)10-5-13(7)8/h5H,3-4H2,1-2H3,(H,12,14). The zero-order chi connectivity index (χ0) is 10.1. The Morgan fingerprint density at radius 2 is 2.36 bits per heavy atom. The van der Waals surface area contributed by atoms with Crippen molar-refractivity contribution in [1.82, 2.24) is 19.6 Å². The third kappa shape index (κ3) is 1.21. The number of rotatable bonds is 2. The Bertz CT molecular complexity index is 511. The predicted molar refractivity (Wildman–Crippen MR) is 52.3 cm³/mol. The summed E-state index contributed by atoms with van der Waals surface area (Å²) < 4.78 is 1.76. The van der Waals surface area contributed by atoms with Gasteiger partial charge in [-0.15, -0.1) is 0 Å². The number of aromatic amines is 1. The maximum absolute atomic E-state index is 11.4. The topological polar surface area (TPSA) is 63.0 Å². The normalized spacial score (nSPS) is 11.0. The zero-order valence-corrected chi connectivity index (χ0v) is 8.24. The molecule has 0 spiro atoms. The van der Waals surface area contributed by atoms with Crippen LogP contribution in [0.25, 0.3) is 5.52 Å². The fourth-order valence-electron chi connectivity index (χ4n) is 1.53. The van der Waals surface area contributed by atoms with E-state index in [1.807, 2.05) is 6.92 Å². The van der Waals surface area contributed by atoms with Gasteiger partial charge in [-0.3, -0.25) is 9.20 Å². The zero-order valence-electron chi connectivity index (χ0n) is 8.24. The third-order valence-corrected chi connectivity index (χ3v) is 2.20. The van der Waals surface area contributed by atoms with Gasteiger partial charge in [-0.2, -0.15) is 5.10 Å². The van der Waals surface area contributed by atoms with Crippen molar-refractivity contribution < 1.29 is 0 Å². The highest BCUT2D eigenvalue weighted by Gasteiger charge is 2.08. The van der Waals surface area contributed by atoms with Gasteiger partial charge in [0.05, 0.1) is 5.69 Å². The SMILES string of the molecule is CCCc1n[nH]c(=O)c2c(C)ncn12. The van der Waals surface area contributed by atoms with Crippen LogP contribution in [0.15, 0.2) is 11.1 Å². The van der Waals surface area contributed by atoms with Gasteiger partial charge >= 0.3 is 0 Å². The predicted octanol–water partition coefficient (Wildman–Crippen LogP) is 0.679. The number of aromatic nitrogens is 4. The van der Waals surface area contributed by atoms with E-state index >= 15 is 0 Å². The summed E-state index contributed by atoms with van der Waals surface area (Å²) in [5.74, 6) is 0.850. The summed E-state index contributed by atoms with van der Waals surface area (Å²) in [6, 6.07) is 0. The molecule has 0 aliphatic carbocycles. The van der Waals surface area contributed by atoms with Gasteiger partial charge in [0.1, 0.15) is 17.7 Å². The average Bonchev–Trinajstić information content (AvgIpc) is 2.54. The first kappa shape index (κ1) is 8.93. The van der Waals surface area contributed by atoms with E-state index in [9.17, 15) is 4.79 Å². The molecule has 0 atom stereocenters. The fourth-order valence-corrected chi connectivity index (χ4v) is 1.53. The fraction of sp³-hybridized carbons (Fsp3) is 0.444. The molecule has 0 aliphatic rings. The van der Waals surface area contributed by atoms with E-state index in [0.29, 0.717) is 5.52 Å². The number of imidazole rings is 1. The number of nitrogens with one attached hydrogen (secondary N) is 1. The van der Waals surface area contributed by atoms with Crippen LogP contribution in [0.3, 0.4) is 0 Å². The van der Waals surface area contributed by atoms with Crippen molar-refractivity contribution in [3.05, 3.63) is 28.2 Å². The number of hydrogen-bond donors (Lipinski definition) is 1. The minimum Gasteiger partial charge on any atom is -0.280 e. The molecule has 0 radical (unpaired) electrons. The first-order chi connectivity index (χ1) is 6.74. The largest absolute Gasteiger partial charge is 0.290 e. The third-order valence-electron chi connectivity index (χ3n) is 2.20. The van der Waals surface area contributed by atoms with Crippen molar-refractivity contribution in [2.75, 3.05) is 0 Å². The molecule has 14 heavy (non-hydrogen) atoms. The van der Waals surface area contributed by atoms with E-state index in [0.717, 1.165) is 24.4 Å². The lowest BCUT2D eigenvalue weighted by molar-refractivity contribution is 0.757. The summed E-state index contributed by atoms with van der Waals surface area (Å²) in [7, 11) is 0. The lowest BCUT2D eigenvalue weighted by Crippen LogP contribution is -2.15. The maximum Gasteiger partial charge on any atom is 0.290 e. The minimum atomic E-state index is -0.181. The highest BCUT2D eigenvalue weighted by atomic mass is 16.1. The molecule has 2 heterocycles. The molecule has 0 saturated heterocycles. The van der Waals surface area contributed by atoms with Gasteiger partial charge in [-0.1, -0.05) is 6.92 Å². The molecule has 0 amide bonds. The van der Waals surface area contributed by atoms with Crippen molar-refractivity contribution in [3.63, 3.8) is 0 Å². The van der Waals surface area contributed by atoms with E-state index in [1.165, 1.54) is 0 Å². The lowest BCUT2D eigenvalue weighted by atomic mass is 10.3. The second-order valence-corrected chi connectivity index (χ2v) is 3.27. The van der Waals surface area contributed by atoms with Gasteiger partial charge < -0.3 is 0 Å². The number of H-pyrrole nitrogens is 1.